The van der Waals surface area contributed by atoms with Crippen molar-refractivity contribution in [3.05, 3.63) is 59.7 Å². The van der Waals surface area contributed by atoms with E-state index in [9.17, 15) is 4.79 Å². The molecule has 3 heteroatoms. The van der Waals surface area contributed by atoms with Crippen LogP contribution < -0.4 is 10.1 Å². The first-order valence-corrected chi connectivity index (χ1v) is 7.91. The molecule has 0 saturated heterocycles. The number of para-hydroxylation sites is 1. The van der Waals surface area contributed by atoms with Crippen LogP contribution in [0.5, 0.6) is 5.75 Å². The van der Waals surface area contributed by atoms with E-state index in [1.807, 2.05) is 55.5 Å². The molecule has 0 spiro atoms. The lowest BCUT2D eigenvalue weighted by Gasteiger charge is -2.24. The molecule has 1 atom stereocenters. The van der Waals surface area contributed by atoms with Crippen molar-refractivity contribution in [2.75, 3.05) is 5.32 Å². The molecule has 1 unspecified atom stereocenters. The number of nitrogens with one attached hydrogen (secondary N) is 1. The summed E-state index contributed by atoms with van der Waals surface area (Å²) >= 11 is 0. The van der Waals surface area contributed by atoms with Gasteiger partial charge in [0.05, 0.1) is 0 Å². The zero-order valence-corrected chi connectivity index (χ0v) is 14.5. The highest BCUT2D eigenvalue weighted by atomic mass is 16.5. The smallest absolute Gasteiger partial charge is 0.265 e. The fourth-order valence-corrected chi connectivity index (χ4v) is 2.43. The molecule has 0 aliphatic heterocycles. The van der Waals surface area contributed by atoms with Gasteiger partial charge in [-0.2, -0.15) is 0 Å². The number of ether oxygens (including phenoxy) is 1. The quantitative estimate of drug-likeness (QED) is 0.889. The van der Waals surface area contributed by atoms with Gasteiger partial charge in [-0.05, 0) is 48.6 Å². The van der Waals surface area contributed by atoms with Gasteiger partial charge in [0.2, 0.25) is 0 Å². The molecular weight excluding hydrogens is 286 g/mol. The molecule has 23 heavy (non-hydrogen) atoms. The highest BCUT2D eigenvalue weighted by Gasteiger charge is 2.21. The summed E-state index contributed by atoms with van der Waals surface area (Å²) in [6, 6.07) is 15.6. The fourth-order valence-electron chi connectivity index (χ4n) is 2.43. The number of carbonyl (C=O) groups excluding carboxylic acids is 1. The van der Waals surface area contributed by atoms with E-state index >= 15 is 0 Å². The number of anilines is 1. The van der Waals surface area contributed by atoms with Crippen molar-refractivity contribution in [3.8, 4) is 5.75 Å². The van der Waals surface area contributed by atoms with Crippen LogP contribution in [0.4, 0.5) is 5.69 Å². The molecule has 1 N–H and O–H groups in total. The molecule has 0 aliphatic rings. The van der Waals surface area contributed by atoms with Crippen molar-refractivity contribution < 1.29 is 9.53 Å². The number of aryl methyl sites for hydroxylation is 1. The Morgan fingerprint density at radius 2 is 1.78 bits per heavy atom. The number of carbonyl (C=O) groups is 1. The molecule has 2 aromatic carbocycles. The lowest BCUT2D eigenvalue weighted by molar-refractivity contribution is -0.122. The maximum Gasteiger partial charge on any atom is 0.265 e. The van der Waals surface area contributed by atoms with Gasteiger partial charge in [-0.1, -0.05) is 51.1 Å². The fraction of sp³-hybridized carbons (Fsp3) is 0.350. The molecule has 0 saturated carbocycles. The van der Waals surface area contributed by atoms with Crippen LogP contribution >= 0.6 is 0 Å². The Hall–Kier alpha value is -2.29. The van der Waals surface area contributed by atoms with Crippen molar-refractivity contribution in [1.82, 2.24) is 0 Å². The minimum absolute atomic E-state index is 0.0372. The van der Waals surface area contributed by atoms with Crippen LogP contribution in [0.1, 0.15) is 38.8 Å². The maximum absolute atomic E-state index is 12.4. The summed E-state index contributed by atoms with van der Waals surface area (Å²) in [4.78, 5) is 12.4. The van der Waals surface area contributed by atoms with Crippen molar-refractivity contribution >= 4 is 11.6 Å². The minimum atomic E-state index is -0.565. The molecule has 2 aromatic rings. The Morgan fingerprint density at radius 3 is 2.43 bits per heavy atom. The lowest BCUT2D eigenvalue weighted by Crippen LogP contribution is -2.31. The minimum Gasteiger partial charge on any atom is -0.481 e. The molecule has 1 amide bonds. The van der Waals surface area contributed by atoms with E-state index in [1.165, 1.54) is 0 Å². The average molecular weight is 311 g/mol. The molecule has 0 radical (unpaired) electrons. The van der Waals surface area contributed by atoms with Gasteiger partial charge in [0, 0.05) is 5.69 Å². The molecule has 0 aromatic heterocycles. The van der Waals surface area contributed by atoms with Gasteiger partial charge in [0.25, 0.3) is 5.91 Å². The van der Waals surface area contributed by atoms with Gasteiger partial charge in [0.1, 0.15) is 5.75 Å². The Morgan fingerprint density at radius 1 is 1.09 bits per heavy atom. The zero-order chi connectivity index (χ0) is 17.0. The molecular formula is C20H25NO2. The standard InChI is InChI=1S/C20H25NO2/c1-14-9-8-10-16(13-14)23-15(2)19(22)21-18-12-7-6-11-17(18)20(3,4)5/h6-13,15H,1-5H3,(H,21,22). The molecule has 0 heterocycles. The van der Waals surface area contributed by atoms with Gasteiger partial charge >= 0.3 is 0 Å². The molecule has 122 valence electrons. The van der Waals surface area contributed by atoms with Crippen LogP contribution in [0.3, 0.4) is 0 Å². The third-order valence-corrected chi connectivity index (χ3v) is 3.66. The first kappa shape index (κ1) is 17.1. The molecule has 2 rings (SSSR count). The first-order valence-electron chi connectivity index (χ1n) is 7.91. The monoisotopic (exact) mass is 311 g/mol. The van der Waals surface area contributed by atoms with Gasteiger partial charge in [-0.25, -0.2) is 0 Å². The largest absolute Gasteiger partial charge is 0.481 e. The predicted octanol–water partition coefficient (Wildman–Crippen LogP) is 4.70. The Kier molecular flexibility index (Phi) is 5.09. The molecule has 0 aliphatic carbocycles. The predicted molar refractivity (Wildman–Crippen MR) is 95.0 cm³/mol. The molecule has 0 fully saturated rings. The molecule has 0 bridgehead atoms. The summed E-state index contributed by atoms with van der Waals surface area (Å²) in [5.41, 5.74) is 3.01. The summed E-state index contributed by atoms with van der Waals surface area (Å²) in [6.45, 7) is 10.1. The second-order valence-electron chi connectivity index (χ2n) is 6.86. The van der Waals surface area contributed by atoms with Crippen molar-refractivity contribution in [2.45, 2.75) is 46.1 Å². The van der Waals surface area contributed by atoms with E-state index in [4.69, 9.17) is 4.74 Å². The number of hydrogen-bond donors (Lipinski definition) is 1. The third kappa shape index (κ3) is 4.59. The number of amides is 1. The van der Waals surface area contributed by atoms with Crippen LogP contribution in [0, 0.1) is 6.92 Å². The Bertz CT molecular complexity index is 686. The van der Waals surface area contributed by atoms with E-state index in [-0.39, 0.29) is 11.3 Å². The van der Waals surface area contributed by atoms with Crippen molar-refractivity contribution in [2.24, 2.45) is 0 Å². The highest BCUT2D eigenvalue weighted by molar-refractivity contribution is 5.95. The van der Waals surface area contributed by atoms with Gasteiger partial charge in [0.15, 0.2) is 6.10 Å². The summed E-state index contributed by atoms with van der Waals surface area (Å²) in [7, 11) is 0. The van der Waals surface area contributed by atoms with Crippen LogP contribution in [0.25, 0.3) is 0 Å². The Labute approximate surface area is 138 Å². The van der Waals surface area contributed by atoms with Crippen LogP contribution in [0.2, 0.25) is 0 Å². The Balaban J connectivity index is 2.10. The van der Waals surface area contributed by atoms with Crippen LogP contribution in [-0.4, -0.2) is 12.0 Å². The SMILES string of the molecule is Cc1cccc(OC(C)C(=O)Nc2ccccc2C(C)(C)C)c1. The lowest BCUT2D eigenvalue weighted by atomic mass is 9.86. The number of benzene rings is 2. The van der Waals surface area contributed by atoms with E-state index in [0.717, 1.165) is 16.8 Å². The van der Waals surface area contributed by atoms with Crippen molar-refractivity contribution in [3.63, 3.8) is 0 Å². The average Bonchev–Trinajstić information content (AvgIpc) is 2.46. The number of rotatable bonds is 4. The van der Waals surface area contributed by atoms with E-state index in [1.54, 1.807) is 6.92 Å². The normalized spacial score (nSPS) is 12.6. The first-order chi connectivity index (χ1) is 10.8. The topological polar surface area (TPSA) is 38.3 Å². The number of hydrogen-bond acceptors (Lipinski definition) is 2. The van der Waals surface area contributed by atoms with E-state index < -0.39 is 6.10 Å². The van der Waals surface area contributed by atoms with E-state index in [2.05, 4.69) is 26.1 Å². The van der Waals surface area contributed by atoms with Gasteiger partial charge in [-0.15, -0.1) is 0 Å². The van der Waals surface area contributed by atoms with Crippen LogP contribution in [0.15, 0.2) is 48.5 Å². The van der Waals surface area contributed by atoms with Crippen molar-refractivity contribution in [1.29, 1.82) is 0 Å². The summed E-state index contributed by atoms with van der Waals surface area (Å²) in [6.07, 6.45) is -0.565. The summed E-state index contributed by atoms with van der Waals surface area (Å²) in [5.74, 6) is 0.556. The van der Waals surface area contributed by atoms with E-state index in [0.29, 0.717) is 5.75 Å². The highest BCUT2D eigenvalue weighted by Crippen LogP contribution is 2.29. The van der Waals surface area contributed by atoms with Gasteiger partial charge < -0.3 is 10.1 Å². The summed E-state index contributed by atoms with van der Waals surface area (Å²) < 4.78 is 5.74. The zero-order valence-electron chi connectivity index (χ0n) is 14.5. The maximum atomic E-state index is 12.4. The summed E-state index contributed by atoms with van der Waals surface area (Å²) in [5, 5.41) is 2.99. The second-order valence-corrected chi connectivity index (χ2v) is 6.86. The molecule has 3 nitrogen and oxygen atoms in total. The third-order valence-electron chi connectivity index (χ3n) is 3.66. The van der Waals surface area contributed by atoms with Crippen LogP contribution in [-0.2, 0) is 10.2 Å². The second kappa shape index (κ2) is 6.86. The van der Waals surface area contributed by atoms with Gasteiger partial charge in [-0.3, -0.25) is 4.79 Å².